The normalized spacial score (nSPS) is 15.6. The van der Waals surface area contributed by atoms with Crippen molar-refractivity contribution in [3.63, 3.8) is 0 Å². The monoisotopic (exact) mass is 557 g/mol. The Balaban J connectivity index is 1.60. The van der Waals surface area contributed by atoms with Gasteiger partial charge in [0.2, 0.25) is 5.91 Å². The number of hydrogen-bond donors (Lipinski definition) is 1. The van der Waals surface area contributed by atoms with Crippen molar-refractivity contribution in [2.45, 2.75) is 19.0 Å². The van der Waals surface area contributed by atoms with Gasteiger partial charge in [0, 0.05) is 21.7 Å². The first-order valence-electron chi connectivity index (χ1n) is 10.4. The van der Waals surface area contributed by atoms with Crippen LogP contribution < -0.4 is 15.0 Å². The summed E-state index contributed by atoms with van der Waals surface area (Å²) in [4.78, 5) is 29.6. The van der Waals surface area contributed by atoms with E-state index in [0.717, 1.165) is 15.8 Å². The van der Waals surface area contributed by atoms with Gasteiger partial charge >= 0.3 is 0 Å². The molecule has 34 heavy (non-hydrogen) atoms. The third-order valence-electron chi connectivity index (χ3n) is 5.40. The summed E-state index contributed by atoms with van der Waals surface area (Å²) in [5, 5.41) is 3.67. The summed E-state index contributed by atoms with van der Waals surface area (Å²) in [5.74, 6) is 0.178. The zero-order valence-corrected chi connectivity index (χ0v) is 21.4. The molecular formula is C25H21BrClN3O3S. The van der Waals surface area contributed by atoms with E-state index in [1.54, 1.807) is 48.4 Å². The molecule has 3 aromatic rings. The summed E-state index contributed by atoms with van der Waals surface area (Å²) in [7, 11) is 1.60. The molecule has 1 heterocycles. The van der Waals surface area contributed by atoms with Crippen molar-refractivity contribution in [1.29, 1.82) is 0 Å². The van der Waals surface area contributed by atoms with Crippen LogP contribution in [0.25, 0.3) is 0 Å². The molecule has 2 amide bonds. The van der Waals surface area contributed by atoms with Gasteiger partial charge in [-0.3, -0.25) is 14.5 Å². The third-order valence-corrected chi connectivity index (χ3v) is 6.58. The molecule has 1 aliphatic heterocycles. The number of thiocarbonyl (C=S) groups is 1. The summed E-state index contributed by atoms with van der Waals surface area (Å²) in [6, 6.07) is 20.9. The third kappa shape index (κ3) is 5.41. The maximum Gasteiger partial charge on any atom is 0.256 e. The molecule has 1 atom stereocenters. The zero-order valence-electron chi connectivity index (χ0n) is 18.2. The van der Waals surface area contributed by atoms with Crippen LogP contribution in [0.4, 0.5) is 11.4 Å². The van der Waals surface area contributed by atoms with Gasteiger partial charge in [0.05, 0.1) is 19.2 Å². The molecule has 1 saturated heterocycles. The van der Waals surface area contributed by atoms with E-state index in [4.69, 9.17) is 28.6 Å². The first kappa shape index (κ1) is 24.2. The van der Waals surface area contributed by atoms with Gasteiger partial charge in [0.1, 0.15) is 11.8 Å². The van der Waals surface area contributed by atoms with Crippen molar-refractivity contribution >= 4 is 68.1 Å². The van der Waals surface area contributed by atoms with Crippen LogP contribution in [0.5, 0.6) is 5.75 Å². The molecule has 4 rings (SSSR count). The molecule has 0 aliphatic carbocycles. The molecule has 0 saturated carbocycles. The number of nitrogens with one attached hydrogen (secondary N) is 1. The molecule has 1 aliphatic rings. The molecule has 0 spiro atoms. The molecule has 0 radical (unpaired) electrons. The van der Waals surface area contributed by atoms with Crippen LogP contribution in [0.15, 0.2) is 77.3 Å². The van der Waals surface area contributed by atoms with Gasteiger partial charge in [0.15, 0.2) is 5.11 Å². The number of halogens is 2. The minimum atomic E-state index is -0.760. The number of benzene rings is 3. The molecule has 6 nitrogen and oxygen atoms in total. The summed E-state index contributed by atoms with van der Waals surface area (Å²) >= 11 is 15.3. The fourth-order valence-corrected chi connectivity index (χ4v) is 4.55. The second-order valence-corrected chi connectivity index (χ2v) is 9.40. The highest BCUT2D eigenvalue weighted by Crippen LogP contribution is 2.30. The van der Waals surface area contributed by atoms with E-state index < -0.39 is 6.04 Å². The van der Waals surface area contributed by atoms with Gasteiger partial charge in [-0.05, 0) is 72.4 Å². The lowest BCUT2D eigenvalue weighted by atomic mass is 10.1. The number of methoxy groups -OCH3 is 1. The van der Waals surface area contributed by atoms with Gasteiger partial charge in [0.25, 0.3) is 5.91 Å². The van der Waals surface area contributed by atoms with E-state index in [0.29, 0.717) is 28.1 Å². The number of rotatable bonds is 7. The average Bonchev–Trinajstić information content (AvgIpc) is 3.05. The number of ether oxygens (including phenoxy) is 1. The number of nitrogens with zero attached hydrogens (tertiary/aromatic N) is 2. The summed E-state index contributed by atoms with van der Waals surface area (Å²) in [6.07, 6.45) is -0.0533. The van der Waals surface area contributed by atoms with Crippen LogP contribution in [0.1, 0.15) is 12.0 Å². The van der Waals surface area contributed by atoms with Gasteiger partial charge in [-0.2, -0.15) is 0 Å². The number of amides is 2. The van der Waals surface area contributed by atoms with Crippen LogP contribution in [-0.4, -0.2) is 35.0 Å². The number of hydrogen-bond acceptors (Lipinski definition) is 4. The molecule has 1 N–H and O–H groups in total. The lowest BCUT2D eigenvalue weighted by Crippen LogP contribution is -2.37. The zero-order chi connectivity index (χ0) is 24.2. The molecule has 1 unspecified atom stereocenters. The Bertz CT molecular complexity index is 1220. The van der Waals surface area contributed by atoms with Gasteiger partial charge < -0.3 is 15.0 Å². The average molecular weight is 559 g/mol. The Morgan fingerprint density at radius 2 is 1.82 bits per heavy atom. The lowest BCUT2D eigenvalue weighted by molar-refractivity contribution is -0.124. The summed E-state index contributed by atoms with van der Waals surface area (Å²) < 4.78 is 6.14. The maximum absolute atomic E-state index is 13.5. The largest absolute Gasteiger partial charge is 0.497 e. The molecule has 174 valence electrons. The van der Waals surface area contributed by atoms with Crippen LogP contribution in [0, 0.1) is 0 Å². The summed E-state index contributed by atoms with van der Waals surface area (Å²) in [5.41, 5.74) is 2.15. The van der Waals surface area contributed by atoms with E-state index in [-0.39, 0.29) is 18.2 Å². The Hall–Kier alpha value is -2.94. The number of carbonyl (C=O) groups excluding carboxylic acids is 2. The first-order valence-corrected chi connectivity index (χ1v) is 12.0. The Labute approximate surface area is 216 Å². The predicted molar refractivity (Wildman–Crippen MR) is 141 cm³/mol. The van der Waals surface area contributed by atoms with E-state index in [9.17, 15) is 9.59 Å². The van der Waals surface area contributed by atoms with Crippen molar-refractivity contribution < 1.29 is 14.3 Å². The first-order chi connectivity index (χ1) is 16.4. The molecule has 3 aromatic carbocycles. The minimum absolute atomic E-state index is 0.0533. The molecule has 0 bridgehead atoms. The fraction of sp³-hybridized carbons (Fsp3) is 0.160. The standard InChI is InChI=1S/C25H21BrClN3O3S/c1-33-21-11-5-16(6-12-21)15-29-22(14-23(31)28-19-9-7-17(26)8-10-19)24(32)30(25(29)34)20-4-2-3-18(27)13-20/h2-13,22H,14-15H2,1H3,(H,28,31). The van der Waals surface area contributed by atoms with Crippen molar-refractivity contribution in [3.8, 4) is 5.75 Å². The highest BCUT2D eigenvalue weighted by molar-refractivity contribution is 9.10. The second kappa shape index (κ2) is 10.5. The molecule has 1 fully saturated rings. The highest BCUT2D eigenvalue weighted by Gasteiger charge is 2.44. The molecular weight excluding hydrogens is 538 g/mol. The lowest BCUT2D eigenvalue weighted by Gasteiger charge is -2.24. The Morgan fingerprint density at radius 3 is 2.47 bits per heavy atom. The number of anilines is 2. The molecule has 9 heteroatoms. The van der Waals surface area contributed by atoms with Crippen molar-refractivity contribution in [1.82, 2.24) is 4.90 Å². The minimum Gasteiger partial charge on any atom is -0.497 e. The van der Waals surface area contributed by atoms with E-state index in [2.05, 4.69) is 21.2 Å². The van der Waals surface area contributed by atoms with Crippen molar-refractivity contribution in [2.24, 2.45) is 0 Å². The topological polar surface area (TPSA) is 61.9 Å². The van der Waals surface area contributed by atoms with Gasteiger partial charge in [-0.15, -0.1) is 0 Å². The van der Waals surface area contributed by atoms with Gasteiger partial charge in [-0.1, -0.05) is 45.7 Å². The van der Waals surface area contributed by atoms with Crippen LogP contribution in [0.3, 0.4) is 0 Å². The van der Waals surface area contributed by atoms with Crippen LogP contribution in [-0.2, 0) is 16.1 Å². The Morgan fingerprint density at radius 1 is 1.12 bits per heavy atom. The second-order valence-electron chi connectivity index (χ2n) is 7.69. The summed E-state index contributed by atoms with van der Waals surface area (Å²) in [6.45, 7) is 0.363. The SMILES string of the molecule is COc1ccc(CN2C(=S)N(c3cccc(Cl)c3)C(=O)C2CC(=O)Nc2ccc(Br)cc2)cc1. The quantitative estimate of drug-likeness (QED) is 0.380. The smallest absolute Gasteiger partial charge is 0.256 e. The van der Waals surface area contributed by atoms with Crippen LogP contribution in [0.2, 0.25) is 5.02 Å². The predicted octanol–water partition coefficient (Wildman–Crippen LogP) is 5.64. The van der Waals surface area contributed by atoms with E-state index in [1.807, 2.05) is 36.4 Å². The fourth-order valence-electron chi connectivity index (χ4n) is 3.72. The maximum atomic E-state index is 13.5. The van der Waals surface area contributed by atoms with E-state index in [1.165, 1.54) is 4.90 Å². The molecule has 0 aromatic heterocycles. The van der Waals surface area contributed by atoms with E-state index >= 15 is 0 Å². The van der Waals surface area contributed by atoms with Gasteiger partial charge in [-0.25, -0.2) is 0 Å². The van der Waals surface area contributed by atoms with Crippen molar-refractivity contribution in [3.05, 3.63) is 87.9 Å². The van der Waals surface area contributed by atoms with Crippen LogP contribution >= 0.6 is 39.7 Å². The van der Waals surface area contributed by atoms with Crippen molar-refractivity contribution in [2.75, 3.05) is 17.3 Å². The highest BCUT2D eigenvalue weighted by atomic mass is 79.9. The number of carbonyl (C=O) groups is 2. The Kier molecular flexibility index (Phi) is 7.50.